The van der Waals surface area contributed by atoms with Gasteiger partial charge in [-0.15, -0.1) is 0 Å². The van der Waals surface area contributed by atoms with Crippen LogP contribution in [0.1, 0.15) is 205 Å². The van der Waals surface area contributed by atoms with E-state index < -0.39 is 0 Å². The Balaban J connectivity index is 1.11. The molecule has 7 aliphatic rings. The van der Waals surface area contributed by atoms with Gasteiger partial charge in [0, 0.05) is 11.0 Å². The normalized spacial score (nSPS) is 35.9. The molecule has 0 heterocycles. The molecule has 0 radical (unpaired) electrons. The monoisotopic (exact) mass is 740 g/mol. The Bertz CT molecular complexity index is 1410. The molecule has 0 amide bonds. The average molecular weight is 740 g/mol. The zero-order valence-electron chi connectivity index (χ0n) is 38.1. The van der Waals surface area contributed by atoms with Crippen molar-refractivity contribution in [3.05, 3.63) is 33.9 Å². The van der Waals surface area contributed by atoms with Gasteiger partial charge in [-0.25, -0.2) is 0 Å². The van der Waals surface area contributed by atoms with Gasteiger partial charge in [0.1, 0.15) is 0 Å². The van der Waals surface area contributed by atoms with E-state index in [-0.39, 0.29) is 21.8 Å². The molecule has 306 valence electrons. The molecule has 7 rings (SSSR count). The highest BCUT2D eigenvalue weighted by Crippen LogP contribution is 2.64. The van der Waals surface area contributed by atoms with E-state index in [1.54, 1.807) is 5.57 Å². The van der Waals surface area contributed by atoms with Crippen LogP contribution in [0.5, 0.6) is 0 Å². The number of hydrogen-bond donors (Lipinski definition) is 1. The molecule has 1 nitrogen and oxygen atoms in total. The van der Waals surface area contributed by atoms with E-state index in [1.165, 1.54) is 128 Å². The van der Waals surface area contributed by atoms with Crippen molar-refractivity contribution in [1.29, 1.82) is 0 Å². The van der Waals surface area contributed by atoms with E-state index in [9.17, 15) is 0 Å². The molecule has 1 N–H and O–H groups in total. The maximum Gasteiger partial charge on any atom is 0.0216 e. The van der Waals surface area contributed by atoms with Crippen molar-refractivity contribution >= 4 is 0 Å². The van der Waals surface area contributed by atoms with Crippen LogP contribution in [0.15, 0.2) is 33.9 Å². The van der Waals surface area contributed by atoms with Crippen LogP contribution in [0.4, 0.5) is 0 Å². The molecule has 54 heavy (non-hydrogen) atoms. The predicted molar refractivity (Wildman–Crippen MR) is 234 cm³/mol. The summed E-state index contributed by atoms with van der Waals surface area (Å²) in [5.74, 6) is 10.7. The van der Waals surface area contributed by atoms with Gasteiger partial charge in [0.15, 0.2) is 0 Å². The number of nitrogens with one attached hydrogen (secondary N) is 1. The maximum absolute atomic E-state index is 3.99. The standard InChI is InChI=1S/C53H89N/c1-13-36-18-19-40(24-36)34(3)47-23-20-41(47)28-43(44-29-42(30-44)35(4)48-31-38(48)14-2)25-37-26-45(27-37)49(39-16-15-17-39)53(32-50(5,6)7,52(10,11)54-12)33-51(8,9)46-21-22-46/h21,34-38,40-42,45,47-48,54H,13-20,22-33H2,1-12H3. The summed E-state index contributed by atoms with van der Waals surface area (Å²) in [5, 5.41) is 3.99. The predicted octanol–water partition coefficient (Wildman–Crippen LogP) is 15.3. The molecule has 6 fully saturated rings. The van der Waals surface area contributed by atoms with Gasteiger partial charge in [0.25, 0.3) is 0 Å². The minimum Gasteiger partial charge on any atom is -0.314 e. The number of allylic oxidation sites excluding steroid dienone is 5. The molecule has 6 saturated carbocycles. The van der Waals surface area contributed by atoms with Crippen molar-refractivity contribution in [3.63, 3.8) is 0 Å². The van der Waals surface area contributed by atoms with Crippen LogP contribution in [0, 0.1) is 81.3 Å². The van der Waals surface area contributed by atoms with Crippen LogP contribution < -0.4 is 5.32 Å². The Morgan fingerprint density at radius 3 is 1.91 bits per heavy atom. The van der Waals surface area contributed by atoms with Crippen LogP contribution in [-0.2, 0) is 0 Å². The average Bonchev–Trinajstić information content (AvgIpc) is 3.97. The highest BCUT2D eigenvalue weighted by atomic mass is 15.0. The van der Waals surface area contributed by atoms with Crippen molar-refractivity contribution in [1.82, 2.24) is 5.32 Å². The maximum atomic E-state index is 3.99. The van der Waals surface area contributed by atoms with Crippen molar-refractivity contribution < 1.29 is 0 Å². The minimum atomic E-state index is 0.0471. The fourth-order valence-corrected chi connectivity index (χ4v) is 14.3. The van der Waals surface area contributed by atoms with Crippen LogP contribution in [0.3, 0.4) is 0 Å². The molecule has 0 aliphatic heterocycles. The zero-order chi connectivity index (χ0) is 38.8. The molecular weight excluding hydrogens is 651 g/mol. The Kier molecular flexibility index (Phi) is 12.1. The van der Waals surface area contributed by atoms with E-state index in [0.717, 1.165) is 65.1 Å². The minimum absolute atomic E-state index is 0.0471. The first kappa shape index (κ1) is 41.3. The largest absolute Gasteiger partial charge is 0.314 e. The molecule has 7 aliphatic carbocycles. The summed E-state index contributed by atoms with van der Waals surface area (Å²) < 4.78 is 0. The number of rotatable bonds is 18. The summed E-state index contributed by atoms with van der Waals surface area (Å²) in [5.41, 5.74) is 10.3. The lowest BCUT2D eigenvalue weighted by Crippen LogP contribution is -2.58. The molecule has 9 atom stereocenters. The molecule has 0 aromatic carbocycles. The fraction of sp³-hybridized carbons (Fsp3) is 0.887. The van der Waals surface area contributed by atoms with Gasteiger partial charge < -0.3 is 5.32 Å². The van der Waals surface area contributed by atoms with Crippen molar-refractivity contribution in [3.8, 4) is 0 Å². The summed E-state index contributed by atoms with van der Waals surface area (Å²) in [6.45, 7) is 28.1. The van der Waals surface area contributed by atoms with Gasteiger partial charge in [0.2, 0.25) is 0 Å². The molecule has 0 saturated heterocycles. The summed E-state index contributed by atoms with van der Waals surface area (Å²) in [6.07, 6.45) is 31.1. The lowest BCUT2D eigenvalue weighted by atomic mass is 9.48. The Labute approximate surface area is 336 Å². The first-order valence-corrected chi connectivity index (χ1v) is 24.3. The van der Waals surface area contributed by atoms with Crippen molar-refractivity contribution in [2.75, 3.05) is 7.05 Å². The van der Waals surface area contributed by atoms with Gasteiger partial charge in [-0.1, -0.05) is 116 Å². The lowest BCUT2D eigenvalue weighted by molar-refractivity contribution is 0.0322. The van der Waals surface area contributed by atoms with Gasteiger partial charge in [-0.3, -0.25) is 0 Å². The molecule has 0 bridgehead atoms. The highest BCUT2D eigenvalue weighted by Gasteiger charge is 2.56. The van der Waals surface area contributed by atoms with Gasteiger partial charge in [-0.2, -0.15) is 0 Å². The third-order valence-electron chi connectivity index (χ3n) is 18.7. The summed E-state index contributed by atoms with van der Waals surface area (Å²) in [7, 11) is 2.27. The van der Waals surface area contributed by atoms with Gasteiger partial charge in [-0.05, 0) is 206 Å². The van der Waals surface area contributed by atoms with E-state index in [1.807, 2.05) is 22.3 Å². The van der Waals surface area contributed by atoms with Crippen molar-refractivity contribution in [2.24, 2.45) is 81.3 Å². The molecule has 0 aromatic heterocycles. The zero-order valence-corrected chi connectivity index (χ0v) is 38.1. The summed E-state index contributed by atoms with van der Waals surface area (Å²) in [6, 6.07) is 0. The topological polar surface area (TPSA) is 12.0 Å². The Morgan fingerprint density at radius 2 is 1.41 bits per heavy atom. The summed E-state index contributed by atoms with van der Waals surface area (Å²) in [4.78, 5) is 0. The second kappa shape index (κ2) is 15.7. The molecule has 0 spiro atoms. The second-order valence-corrected chi connectivity index (χ2v) is 24.0. The molecule has 1 heteroatoms. The Hall–Kier alpha value is -0.820. The highest BCUT2D eigenvalue weighted by molar-refractivity contribution is 5.38. The van der Waals surface area contributed by atoms with Crippen molar-refractivity contribution in [2.45, 2.75) is 210 Å². The summed E-state index contributed by atoms with van der Waals surface area (Å²) >= 11 is 0. The van der Waals surface area contributed by atoms with Gasteiger partial charge >= 0.3 is 0 Å². The smallest absolute Gasteiger partial charge is 0.0216 e. The van der Waals surface area contributed by atoms with Crippen LogP contribution >= 0.6 is 0 Å². The van der Waals surface area contributed by atoms with E-state index in [0.29, 0.717) is 0 Å². The quantitative estimate of drug-likeness (QED) is 0.138. The van der Waals surface area contributed by atoms with Crippen LogP contribution in [-0.4, -0.2) is 12.6 Å². The van der Waals surface area contributed by atoms with E-state index in [4.69, 9.17) is 0 Å². The third-order valence-corrected chi connectivity index (χ3v) is 18.7. The lowest BCUT2D eigenvalue weighted by Gasteiger charge is -2.59. The second-order valence-electron chi connectivity index (χ2n) is 24.0. The van der Waals surface area contributed by atoms with Gasteiger partial charge in [0.05, 0.1) is 0 Å². The molecule has 0 aromatic rings. The van der Waals surface area contributed by atoms with E-state index in [2.05, 4.69) is 94.6 Å². The molecule has 9 unspecified atom stereocenters. The third kappa shape index (κ3) is 8.36. The van der Waals surface area contributed by atoms with E-state index >= 15 is 0 Å². The Morgan fingerprint density at radius 1 is 0.722 bits per heavy atom. The first-order chi connectivity index (χ1) is 25.5. The molecular formula is C53H89N. The van der Waals surface area contributed by atoms with Crippen LogP contribution in [0.25, 0.3) is 0 Å². The fourth-order valence-electron chi connectivity index (χ4n) is 14.3. The van der Waals surface area contributed by atoms with Crippen LogP contribution in [0.2, 0.25) is 0 Å². The first-order valence-electron chi connectivity index (χ1n) is 24.3. The SMILES string of the molecule is CCC1CCC(C(C)C2CCC2CC(CC2CC(C(=C3CCC3)C(CC(C)(C)C)(CC(C)(C)C3=CC3)C(C)(C)NC)C2)=C2CC(C(C)C3CC3CC)C2)C1. The number of hydrogen-bond acceptors (Lipinski definition) is 1.